The Labute approximate surface area is 222 Å². The molecule has 8 nitrogen and oxygen atoms in total. The summed E-state index contributed by atoms with van der Waals surface area (Å²) in [7, 11) is 0. The number of ether oxygens (including phenoxy) is 2. The summed E-state index contributed by atoms with van der Waals surface area (Å²) in [6.45, 7) is 0.562. The van der Waals surface area contributed by atoms with E-state index >= 15 is 0 Å². The zero-order chi connectivity index (χ0) is 26.1. The number of carbonyl (C=O) groups excluding carboxylic acids is 3. The van der Waals surface area contributed by atoms with Gasteiger partial charge in [-0.1, -0.05) is 48.5 Å². The molecule has 190 valence electrons. The molecule has 38 heavy (non-hydrogen) atoms. The highest BCUT2D eigenvalue weighted by Crippen LogP contribution is 2.35. The van der Waals surface area contributed by atoms with E-state index in [2.05, 4.69) is 5.32 Å². The molecular formula is C29H23N3O5S. The van der Waals surface area contributed by atoms with Gasteiger partial charge in [0, 0.05) is 41.0 Å². The molecule has 0 unspecified atom stereocenters. The lowest BCUT2D eigenvalue weighted by molar-refractivity contribution is -0.122. The maximum atomic E-state index is 13.1. The highest BCUT2D eigenvalue weighted by atomic mass is 32.2. The first-order valence-electron chi connectivity index (χ1n) is 12.1. The minimum absolute atomic E-state index is 0.0708. The number of hydrogen-bond acceptors (Lipinski definition) is 6. The van der Waals surface area contributed by atoms with Gasteiger partial charge in [-0.15, -0.1) is 0 Å². The smallest absolute Gasteiger partial charge is 0.293 e. The van der Waals surface area contributed by atoms with E-state index < -0.39 is 0 Å². The zero-order valence-electron chi connectivity index (χ0n) is 20.3. The van der Waals surface area contributed by atoms with Crippen LogP contribution in [0.2, 0.25) is 0 Å². The number of aromatic nitrogens is 1. The number of amides is 3. The molecule has 0 aliphatic carbocycles. The van der Waals surface area contributed by atoms with Gasteiger partial charge in [0.2, 0.25) is 12.7 Å². The third kappa shape index (κ3) is 4.76. The Morgan fingerprint density at radius 3 is 2.63 bits per heavy atom. The minimum Gasteiger partial charge on any atom is -0.454 e. The van der Waals surface area contributed by atoms with Crippen molar-refractivity contribution in [2.45, 2.75) is 13.0 Å². The number of anilines is 1. The van der Waals surface area contributed by atoms with Gasteiger partial charge in [0.25, 0.3) is 11.1 Å². The fourth-order valence-electron chi connectivity index (χ4n) is 4.57. The maximum Gasteiger partial charge on any atom is 0.293 e. The lowest BCUT2D eigenvalue weighted by Crippen LogP contribution is -2.30. The molecule has 6 rings (SSSR count). The Hall–Kier alpha value is -4.50. The highest BCUT2D eigenvalue weighted by Gasteiger charge is 2.34. The molecule has 0 spiro atoms. The Morgan fingerprint density at radius 2 is 1.76 bits per heavy atom. The van der Waals surface area contributed by atoms with Crippen LogP contribution >= 0.6 is 11.8 Å². The molecule has 3 amide bonds. The van der Waals surface area contributed by atoms with Crippen molar-refractivity contribution < 1.29 is 23.9 Å². The van der Waals surface area contributed by atoms with Crippen LogP contribution < -0.4 is 14.8 Å². The monoisotopic (exact) mass is 525 g/mol. The van der Waals surface area contributed by atoms with Crippen LogP contribution in [0, 0.1) is 0 Å². The van der Waals surface area contributed by atoms with Crippen LogP contribution in [-0.2, 0) is 22.6 Å². The van der Waals surface area contributed by atoms with Crippen molar-refractivity contribution in [1.29, 1.82) is 0 Å². The van der Waals surface area contributed by atoms with E-state index in [0.717, 1.165) is 33.8 Å². The Morgan fingerprint density at radius 1 is 0.974 bits per heavy atom. The van der Waals surface area contributed by atoms with Crippen LogP contribution in [0.3, 0.4) is 0 Å². The van der Waals surface area contributed by atoms with E-state index in [-0.39, 0.29) is 30.4 Å². The summed E-state index contributed by atoms with van der Waals surface area (Å²) < 4.78 is 12.5. The number of thioether (sulfide) groups is 1. The average molecular weight is 526 g/mol. The van der Waals surface area contributed by atoms with Gasteiger partial charge in [-0.05, 0) is 48.0 Å². The Kier molecular flexibility index (Phi) is 6.35. The van der Waals surface area contributed by atoms with Crippen molar-refractivity contribution in [3.05, 3.63) is 95.0 Å². The fourth-order valence-corrected chi connectivity index (χ4v) is 5.43. The predicted molar refractivity (Wildman–Crippen MR) is 146 cm³/mol. The van der Waals surface area contributed by atoms with Crippen molar-refractivity contribution in [2.75, 3.05) is 18.7 Å². The van der Waals surface area contributed by atoms with Gasteiger partial charge >= 0.3 is 0 Å². The normalized spacial score (nSPS) is 15.6. The molecule has 0 bridgehead atoms. The van der Waals surface area contributed by atoms with Gasteiger partial charge in [-0.3, -0.25) is 19.3 Å². The second kappa shape index (κ2) is 10.1. The summed E-state index contributed by atoms with van der Waals surface area (Å²) in [5, 5.41) is 3.51. The molecule has 0 radical (unpaired) electrons. The Bertz CT molecular complexity index is 1590. The van der Waals surface area contributed by atoms with Gasteiger partial charge in [0.15, 0.2) is 11.5 Å². The number of fused-ring (bicyclic) bond motifs is 2. The average Bonchev–Trinajstić information content (AvgIpc) is 3.60. The summed E-state index contributed by atoms with van der Waals surface area (Å²) in [5.74, 6) is 0.730. The van der Waals surface area contributed by atoms with Gasteiger partial charge in [0.1, 0.15) is 6.54 Å². The number of rotatable bonds is 7. The first kappa shape index (κ1) is 23.9. The molecule has 2 aliphatic heterocycles. The predicted octanol–water partition coefficient (Wildman–Crippen LogP) is 5.29. The summed E-state index contributed by atoms with van der Waals surface area (Å²) in [4.78, 5) is 40.2. The quantitative estimate of drug-likeness (QED) is 0.330. The molecule has 0 atom stereocenters. The number of benzene rings is 3. The summed E-state index contributed by atoms with van der Waals surface area (Å²) >= 11 is 0.943. The largest absolute Gasteiger partial charge is 0.454 e. The zero-order valence-corrected chi connectivity index (χ0v) is 21.1. The van der Waals surface area contributed by atoms with Crippen LogP contribution in [0.25, 0.3) is 17.0 Å². The first-order chi connectivity index (χ1) is 18.5. The molecule has 3 heterocycles. The third-order valence-corrected chi connectivity index (χ3v) is 7.32. The van der Waals surface area contributed by atoms with Crippen molar-refractivity contribution >= 4 is 51.5 Å². The first-order valence-corrected chi connectivity index (χ1v) is 12.9. The van der Waals surface area contributed by atoms with E-state index in [1.807, 2.05) is 65.4 Å². The van der Waals surface area contributed by atoms with E-state index in [0.29, 0.717) is 35.1 Å². The van der Waals surface area contributed by atoms with Crippen molar-refractivity contribution in [3.8, 4) is 11.5 Å². The van der Waals surface area contributed by atoms with Crippen molar-refractivity contribution in [3.63, 3.8) is 0 Å². The van der Waals surface area contributed by atoms with E-state index in [1.54, 1.807) is 24.3 Å². The fraction of sp³-hybridized carbons (Fsp3) is 0.138. The second-order valence-corrected chi connectivity index (χ2v) is 9.91. The Balaban J connectivity index is 1.20. The number of nitrogens with one attached hydrogen (secondary N) is 1. The van der Waals surface area contributed by atoms with Gasteiger partial charge in [-0.25, -0.2) is 0 Å². The molecule has 9 heteroatoms. The summed E-state index contributed by atoms with van der Waals surface area (Å²) in [5.41, 5.74) is 3.30. The van der Waals surface area contributed by atoms with E-state index in [4.69, 9.17) is 9.47 Å². The third-order valence-electron chi connectivity index (χ3n) is 6.42. The number of imide groups is 1. The lowest BCUT2D eigenvalue weighted by Gasteiger charge is -2.12. The van der Waals surface area contributed by atoms with E-state index in [1.165, 1.54) is 4.90 Å². The van der Waals surface area contributed by atoms with Crippen molar-refractivity contribution in [1.82, 2.24) is 9.47 Å². The molecule has 1 aromatic heterocycles. The van der Waals surface area contributed by atoms with E-state index in [9.17, 15) is 14.4 Å². The van der Waals surface area contributed by atoms with Gasteiger partial charge < -0.3 is 19.4 Å². The topological polar surface area (TPSA) is 89.9 Å². The number of para-hydroxylation sites is 1. The van der Waals surface area contributed by atoms with Gasteiger partial charge in [0.05, 0.1) is 4.91 Å². The molecule has 4 aromatic rings. The molecule has 3 aromatic carbocycles. The summed E-state index contributed by atoms with van der Waals surface area (Å²) in [6.07, 6.45) is 4.17. The summed E-state index contributed by atoms with van der Waals surface area (Å²) in [6, 6.07) is 22.7. The molecular weight excluding hydrogens is 502 g/mol. The second-order valence-electron chi connectivity index (χ2n) is 8.91. The maximum absolute atomic E-state index is 13.1. The number of hydrogen-bond donors (Lipinski definition) is 1. The molecule has 1 N–H and O–H groups in total. The van der Waals surface area contributed by atoms with Crippen LogP contribution in [-0.4, -0.2) is 39.9 Å². The van der Waals surface area contributed by atoms with Crippen LogP contribution in [0.5, 0.6) is 11.5 Å². The minimum atomic E-state index is -0.298. The van der Waals surface area contributed by atoms with Crippen molar-refractivity contribution in [2.24, 2.45) is 0 Å². The molecule has 1 fully saturated rings. The SMILES string of the molecule is O=C(Cn1cc(/C=C2\SC(=O)N(CCc3ccccc3)C2=O)c2ccccc21)Nc1ccc2c(c1)OCO2. The highest BCUT2D eigenvalue weighted by molar-refractivity contribution is 8.18. The van der Waals surface area contributed by atoms with Gasteiger partial charge in [-0.2, -0.15) is 0 Å². The number of carbonyl (C=O) groups is 3. The number of nitrogens with zero attached hydrogens (tertiary/aromatic N) is 2. The molecule has 0 saturated carbocycles. The lowest BCUT2D eigenvalue weighted by atomic mass is 10.1. The van der Waals surface area contributed by atoms with Crippen LogP contribution in [0.15, 0.2) is 83.9 Å². The van der Waals surface area contributed by atoms with Crippen LogP contribution in [0.1, 0.15) is 11.1 Å². The van der Waals surface area contributed by atoms with Crippen LogP contribution in [0.4, 0.5) is 10.5 Å². The molecule has 2 aliphatic rings. The standard InChI is InChI=1S/C29H23N3O5S/c33-27(30-21-10-11-24-25(15-21)37-18-36-24)17-31-16-20(22-8-4-5-9-23(22)31)14-26-28(34)32(29(35)38-26)13-12-19-6-2-1-3-7-19/h1-11,14-16H,12-13,17-18H2,(H,30,33)/b26-14-. The molecule has 1 saturated heterocycles.